The van der Waals surface area contributed by atoms with Crippen molar-refractivity contribution in [3.63, 3.8) is 0 Å². The predicted octanol–water partition coefficient (Wildman–Crippen LogP) is 3.41. The van der Waals surface area contributed by atoms with Gasteiger partial charge in [0.05, 0.1) is 5.56 Å². The van der Waals surface area contributed by atoms with E-state index >= 15 is 0 Å². The highest BCUT2D eigenvalue weighted by molar-refractivity contribution is 7.98. The Morgan fingerprint density at radius 2 is 2.20 bits per heavy atom. The van der Waals surface area contributed by atoms with E-state index in [-0.39, 0.29) is 0 Å². The first-order chi connectivity index (χ1) is 9.67. The molecular weight excluding hydrogens is 266 g/mol. The molecule has 1 aliphatic rings. The van der Waals surface area contributed by atoms with E-state index in [9.17, 15) is 5.26 Å². The van der Waals surface area contributed by atoms with Crippen LogP contribution in [0.3, 0.4) is 0 Å². The minimum absolute atomic E-state index is 0.406. The Kier molecular flexibility index (Phi) is 5.31. The number of nitrogens with zero attached hydrogens (tertiary/aromatic N) is 3. The van der Waals surface area contributed by atoms with Crippen molar-refractivity contribution in [1.29, 1.82) is 5.26 Å². The number of aromatic nitrogens is 1. The van der Waals surface area contributed by atoms with Gasteiger partial charge in [-0.2, -0.15) is 17.0 Å². The molecule has 3 nitrogen and oxygen atoms in total. The summed E-state index contributed by atoms with van der Waals surface area (Å²) in [6.07, 6.45) is 7.81. The maximum atomic E-state index is 9.41. The average molecular weight is 289 g/mol. The van der Waals surface area contributed by atoms with Crippen molar-refractivity contribution in [1.82, 2.24) is 4.98 Å². The molecule has 0 saturated carbocycles. The van der Waals surface area contributed by atoms with Crippen LogP contribution in [0, 0.1) is 11.3 Å². The molecule has 0 aromatic carbocycles. The molecule has 0 aliphatic heterocycles. The summed E-state index contributed by atoms with van der Waals surface area (Å²) in [5.41, 5.74) is 3.21. The van der Waals surface area contributed by atoms with E-state index in [4.69, 9.17) is 4.98 Å². The number of pyridine rings is 1. The second-order valence-electron chi connectivity index (χ2n) is 5.53. The van der Waals surface area contributed by atoms with Crippen LogP contribution in [0.25, 0.3) is 0 Å². The predicted molar refractivity (Wildman–Crippen MR) is 86.5 cm³/mol. The third-order valence-electron chi connectivity index (χ3n) is 4.14. The molecule has 1 atom stereocenters. The van der Waals surface area contributed by atoms with Crippen LogP contribution in [0.2, 0.25) is 0 Å². The lowest BCUT2D eigenvalue weighted by Gasteiger charge is -2.28. The number of aryl methyl sites for hydroxylation is 2. The number of thioether (sulfide) groups is 1. The van der Waals surface area contributed by atoms with Gasteiger partial charge in [-0.1, -0.05) is 0 Å². The van der Waals surface area contributed by atoms with E-state index in [2.05, 4.69) is 37.3 Å². The summed E-state index contributed by atoms with van der Waals surface area (Å²) in [7, 11) is 2.06. The minimum atomic E-state index is 0.406. The van der Waals surface area contributed by atoms with Crippen molar-refractivity contribution < 1.29 is 0 Å². The number of hydrogen-bond acceptors (Lipinski definition) is 4. The first-order valence-electron chi connectivity index (χ1n) is 7.32. The number of nitriles is 1. The molecule has 0 radical (unpaired) electrons. The summed E-state index contributed by atoms with van der Waals surface area (Å²) in [5.74, 6) is 2.00. The van der Waals surface area contributed by atoms with Gasteiger partial charge in [-0.25, -0.2) is 4.98 Å². The Balaban J connectivity index is 2.28. The molecule has 0 spiro atoms. The van der Waals surface area contributed by atoms with Crippen LogP contribution in [-0.2, 0) is 12.8 Å². The summed E-state index contributed by atoms with van der Waals surface area (Å²) in [5, 5.41) is 9.41. The Bertz CT molecular complexity index is 507. The molecule has 1 unspecified atom stereocenters. The van der Waals surface area contributed by atoms with Crippen LogP contribution in [-0.4, -0.2) is 30.1 Å². The zero-order chi connectivity index (χ0) is 14.5. The van der Waals surface area contributed by atoms with Crippen molar-refractivity contribution in [2.24, 2.45) is 0 Å². The second kappa shape index (κ2) is 6.99. The highest BCUT2D eigenvalue weighted by atomic mass is 32.2. The molecule has 0 amide bonds. The van der Waals surface area contributed by atoms with E-state index < -0.39 is 0 Å². The Morgan fingerprint density at radius 1 is 1.45 bits per heavy atom. The molecule has 4 heteroatoms. The molecule has 0 bridgehead atoms. The Hall–Kier alpha value is -1.21. The van der Waals surface area contributed by atoms with Crippen LogP contribution in [0.5, 0.6) is 0 Å². The first-order valence-corrected chi connectivity index (χ1v) is 8.71. The van der Waals surface area contributed by atoms with E-state index in [0.717, 1.165) is 36.4 Å². The minimum Gasteiger partial charge on any atom is -0.356 e. The van der Waals surface area contributed by atoms with Crippen molar-refractivity contribution in [3.8, 4) is 6.07 Å². The number of rotatable bonds is 5. The van der Waals surface area contributed by atoms with Gasteiger partial charge in [0.1, 0.15) is 11.9 Å². The Labute approximate surface area is 126 Å². The van der Waals surface area contributed by atoms with E-state index in [0.29, 0.717) is 6.04 Å². The normalized spacial score (nSPS) is 15.3. The van der Waals surface area contributed by atoms with Gasteiger partial charge in [0, 0.05) is 18.8 Å². The zero-order valence-electron chi connectivity index (χ0n) is 12.6. The maximum absolute atomic E-state index is 9.41. The fraction of sp³-hybridized carbons (Fsp3) is 0.625. The lowest BCUT2D eigenvalue weighted by Crippen LogP contribution is -2.31. The van der Waals surface area contributed by atoms with Crippen LogP contribution in [0.4, 0.5) is 5.82 Å². The molecule has 0 saturated heterocycles. The zero-order valence-corrected chi connectivity index (χ0v) is 13.5. The molecular formula is C16H23N3S. The second-order valence-corrected chi connectivity index (χ2v) is 6.51. The van der Waals surface area contributed by atoms with Gasteiger partial charge >= 0.3 is 0 Å². The van der Waals surface area contributed by atoms with E-state index in [1.54, 1.807) is 0 Å². The van der Waals surface area contributed by atoms with E-state index in [1.807, 2.05) is 11.8 Å². The van der Waals surface area contributed by atoms with Gasteiger partial charge in [0.15, 0.2) is 0 Å². The molecule has 20 heavy (non-hydrogen) atoms. The third kappa shape index (κ3) is 3.27. The van der Waals surface area contributed by atoms with Crippen LogP contribution >= 0.6 is 11.8 Å². The fourth-order valence-corrected chi connectivity index (χ4v) is 3.24. The molecule has 108 valence electrons. The molecule has 1 aromatic rings. The van der Waals surface area contributed by atoms with Crippen LogP contribution < -0.4 is 4.90 Å². The van der Waals surface area contributed by atoms with Crippen molar-refractivity contribution in [2.75, 3.05) is 24.0 Å². The maximum Gasteiger partial charge on any atom is 0.146 e. The molecule has 1 heterocycles. The fourth-order valence-electron chi connectivity index (χ4n) is 2.66. The van der Waals surface area contributed by atoms with Crippen LogP contribution in [0.15, 0.2) is 6.07 Å². The standard InChI is InChI=1S/C16H23N3S/c1-12(8-9-20-3)19(2)16-14(11-17)10-13-6-4-5-7-15(13)18-16/h10,12H,4-9H2,1-3H3. The van der Waals surface area contributed by atoms with Gasteiger partial charge < -0.3 is 4.90 Å². The van der Waals surface area contributed by atoms with E-state index in [1.165, 1.54) is 24.1 Å². The Morgan fingerprint density at radius 3 is 2.90 bits per heavy atom. The lowest BCUT2D eigenvalue weighted by molar-refractivity contribution is 0.642. The number of hydrogen-bond donors (Lipinski definition) is 0. The summed E-state index contributed by atoms with van der Waals surface area (Å²) in [6.45, 7) is 2.21. The molecule has 1 aliphatic carbocycles. The van der Waals surface area contributed by atoms with Crippen molar-refractivity contribution in [3.05, 3.63) is 22.9 Å². The largest absolute Gasteiger partial charge is 0.356 e. The molecule has 2 rings (SSSR count). The first kappa shape index (κ1) is 15.2. The van der Waals surface area contributed by atoms with Crippen LogP contribution in [0.1, 0.15) is 43.0 Å². The summed E-state index contributed by atoms with van der Waals surface area (Å²) in [4.78, 5) is 6.98. The smallest absolute Gasteiger partial charge is 0.146 e. The SMILES string of the molecule is CSCCC(C)N(C)c1nc2c(cc1C#N)CCCC2. The van der Waals surface area contributed by atoms with Gasteiger partial charge in [-0.3, -0.25) is 0 Å². The van der Waals surface area contributed by atoms with Gasteiger partial charge in [-0.05, 0) is 62.7 Å². The highest BCUT2D eigenvalue weighted by Gasteiger charge is 2.19. The summed E-state index contributed by atoms with van der Waals surface area (Å²) < 4.78 is 0. The molecule has 1 aromatic heterocycles. The molecule has 0 N–H and O–H groups in total. The average Bonchev–Trinajstić information content (AvgIpc) is 2.50. The number of anilines is 1. The van der Waals surface area contributed by atoms with Crippen molar-refractivity contribution in [2.45, 2.75) is 45.1 Å². The van der Waals surface area contributed by atoms with Gasteiger partial charge in [0.2, 0.25) is 0 Å². The summed E-state index contributed by atoms with van der Waals surface area (Å²) >= 11 is 1.86. The quantitative estimate of drug-likeness (QED) is 0.833. The van der Waals surface area contributed by atoms with Gasteiger partial charge in [0.25, 0.3) is 0 Å². The molecule has 0 fully saturated rings. The number of fused-ring (bicyclic) bond motifs is 1. The summed E-state index contributed by atoms with van der Waals surface area (Å²) in [6, 6.07) is 4.80. The topological polar surface area (TPSA) is 39.9 Å². The monoisotopic (exact) mass is 289 g/mol. The third-order valence-corrected chi connectivity index (χ3v) is 4.78. The van der Waals surface area contributed by atoms with Crippen molar-refractivity contribution >= 4 is 17.6 Å². The highest BCUT2D eigenvalue weighted by Crippen LogP contribution is 2.27. The lowest BCUT2D eigenvalue weighted by atomic mass is 9.94. The van der Waals surface area contributed by atoms with Gasteiger partial charge in [-0.15, -0.1) is 0 Å².